The molecule has 0 saturated heterocycles. The minimum absolute atomic E-state index is 0.0912. The fourth-order valence-corrected chi connectivity index (χ4v) is 7.96. The van der Waals surface area contributed by atoms with Crippen LogP contribution in [0.4, 0.5) is 17.1 Å². The topological polar surface area (TPSA) is 16.4 Å². The molecule has 0 aliphatic rings. The summed E-state index contributed by atoms with van der Waals surface area (Å²) in [6, 6.07) is 48.8. The van der Waals surface area contributed by atoms with Crippen molar-refractivity contribution in [1.29, 1.82) is 0 Å². The van der Waals surface area contributed by atoms with E-state index in [1.165, 1.54) is 4.90 Å². The van der Waals surface area contributed by atoms with Gasteiger partial charge in [0, 0.05) is 16.8 Å². The number of benzene rings is 10. The summed E-state index contributed by atoms with van der Waals surface area (Å²) in [5.41, 5.74) is 4.03. The van der Waals surface area contributed by atoms with Gasteiger partial charge < -0.3 is 9.32 Å². The molecule has 1 aromatic heterocycles. The van der Waals surface area contributed by atoms with Crippen LogP contribution in [0.3, 0.4) is 0 Å². The van der Waals surface area contributed by atoms with Gasteiger partial charge >= 0.3 is 0 Å². The predicted octanol–water partition coefficient (Wildman–Crippen LogP) is 15.5. The molecule has 0 fully saturated rings. The molecule has 0 aliphatic heterocycles. The van der Waals surface area contributed by atoms with Gasteiger partial charge in [0.05, 0.1) is 22.0 Å². The highest BCUT2D eigenvalue weighted by atomic mass is 16.3. The smallest absolute Gasteiger partial charge is 0.137 e. The van der Waals surface area contributed by atoms with E-state index in [9.17, 15) is 11.0 Å². The van der Waals surface area contributed by atoms with Crippen LogP contribution < -0.4 is 4.90 Å². The Labute approximate surface area is 336 Å². The van der Waals surface area contributed by atoms with Gasteiger partial charge in [-0.25, -0.2) is 0 Å². The van der Waals surface area contributed by atoms with Crippen molar-refractivity contribution in [3.8, 4) is 33.4 Å². The van der Waals surface area contributed by atoms with E-state index in [2.05, 4.69) is 18.2 Å². The Morgan fingerprint density at radius 3 is 1.64 bits per heavy atom. The van der Waals surface area contributed by atoms with E-state index in [4.69, 9.17) is 4.42 Å². The lowest BCUT2D eigenvalue weighted by atomic mass is 9.94. The van der Waals surface area contributed by atoms with E-state index >= 15 is 0 Å². The predicted molar refractivity (Wildman–Crippen MR) is 237 cm³/mol. The summed E-state index contributed by atoms with van der Waals surface area (Å²) >= 11 is 0. The average molecular weight is 722 g/mol. The molecule has 56 heavy (non-hydrogen) atoms. The fraction of sp³-hybridized carbons (Fsp3) is 0. The Balaban J connectivity index is 1.14. The normalized spacial score (nSPS) is 13.6. The molecule has 0 unspecified atom stereocenters. The summed E-state index contributed by atoms with van der Waals surface area (Å²) in [4.78, 5) is 1.36. The fourth-order valence-electron chi connectivity index (χ4n) is 7.96. The summed E-state index contributed by atoms with van der Waals surface area (Å²) in [6.45, 7) is 0. The van der Waals surface area contributed by atoms with Crippen molar-refractivity contribution >= 4 is 71.3 Å². The molecule has 0 spiro atoms. The van der Waals surface area contributed by atoms with Gasteiger partial charge in [-0.2, -0.15) is 0 Å². The third kappa shape index (κ3) is 5.34. The first-order valence-electron chi connectivity index (χ1n) is 22.5. The van der Waals surface area contributed by atoms with Gasteiger partial charge in [0.15, 0.2) is 0 Å². The lowest BCUT2D eigenvalue weighted by Gasteiger charge is -2.26. The molecule has 1 heterocycles. The molecule has 11 rings (SSSR count). The molecule has 0 bridgehead atoms. The number of hydrogen-bond acceptors (Lipinski definition) is 2. The second-order valence-electron chi connectivity index (χ2n) is 13.8. The number of fused-ring (bicyclic) bond motifs is 7. The highest BCUT2D eigenvalue weighted by Crippen LogP contribution is 2.44. The summed E-state index contributed by atoms with van der Waals surface area (Å²) in [7, 11) is 0. The van der Waals surface area contributed by atoms with Crippen molar-refractivity contribution in [3.63, 3.8) is 0 Å². The van der Waals surface area contributed by atoms with Crippen LogP contribution in [0.15, 0.2) is 217 Å². The standard InChI is InChI=1S/C54H35NO/c1-3-13-44-38(10-1)12-7-16-45(44)40-24-22-36(23-25-40)37-26-31-42(32-27-37)55(51-19-9-21-53-54(51)50-15-5-6-20-52(50)56-53)43-33-28-41(29-34-43)47-17-8-18-48-46-14-4-2-11-39(46)30-35-49(47)48/h1-35H/i26D,27D,28D,29D,31D,32D,33D,34D. The molecule has 0 atom stereocenters. The van der Waals surface area contributed by atoms with E-state index in [1.54, 1.807) is 36.4 Å². The average Bonchev–Trinajstić information content (AvgIpc) is 3.72. The van der Waals surface area contributed by atoms with Gasteiger partial charge in [0.25, 0.3) is 0 Å². The monoisotopic (exact) mass is 721 g/mol. The highest BCUT2D eigenvalue weighted by Gasteiger charge is 2.20. The van der Waals surface area contributed by atoms with Gasteiger partial charge in [0.1, 0.15) is 11.2 Å². The molecule has 2 nitrogen and oxygen atoms in total. The lowest BCUT2D eigenvalue weighted by Crippen LogP contribution is -2.10. The number of rotatable bonds is 6. The van der Waals surface area contributed by atoms with Crippen LogP contribution in [0.25, 0.3) is 87.6 Å². The molecule has 10 aromatic carbocycles. The molecule has 11 aromatic rings. The number of hydrogen-bond donors (Lipinski definition) is 0. The quantitative estimate of drug-likeness (QED) is 0.159. The highest BCUT2D eigenvalue weighted by molar-refractivity contribution is 6.14. The van der Waals surface area contributed by atoms with Crippen molar-refractivity contribution in [1.82, 2.24) is 0 Å². The SMILES string of the molecule is [2H]c1c([2H])c(N(c2c([2H])c([2H])c(-c3cccc4c3ccc3ccccc34)c([2H])c2[2H])c2cccc3oc4ccccc4c23)c([2H])c([2H])c1-c1ccc(-c2cccc3ccccc23)cc1. The van der Waals surface area contributed by atoms with Gasteiger partial charge in [-0.15, -0.1) is 0 Å². The molecule has 2 heteroatoms. The van der Waals surface area contributed by atoms with Gasteiger partial charge in [-0.3, -0.25) is 0 Å². The van der Waals surface area contributed by atoms with Crippen LogP contribution in [0.5, 0.6) is 0 Å². The Morgan fingerprint density at radius 2 is 0.875 bits per heavy atom. The largest absolute Gasteiger partial charge is 0.456 e. The van der Waals surface area contributed by atoms with Crippen LogP contribution in [-0.2, 0) is 0 Å². The summed E-state index contributed by atoms with van der Waals surface area (Å²) in [5.74, 6) is 0. The van der Waals surface area contributed by atoms with E-state index < -0.39 is 24.2 Å². The summed E-state index contributed by atoms with van der Waals surface area (Å²) in [6.07, 6.45) is 0. The maximum Gasteiger partial charge on any atom is 0.137 e. The van der Waals surface area contributed by atoms with Gasteiger partial charge in [-0.05, 0) is 108 Å². The molecule has 0 N–H and O–H groups in total. The lowest BCUT2D eigenvalue weighted by molar-refractivity contribution is 0.669. The van der Waals surface area contributed by atoms with Crippen molar-refractivity contribution < 1.29 is 15.4 Å². The van der Waals surface area contributed by atoms with Crippen LogP contribution in [0, 0.1) is 0 Å². The first kappa shape index (κ1) is 24.8. The summed E-state index contributed by atoms with van der Waals surface area (Å²) < 4.78 is 83.2. The Kier molecular flexibility index (Phi) is 5.83. The number of nitrogens with zero attached hydrogens (tertiary/aromatic N) is 1. The van der Waals surface area contributed by atoms with Crippen molar-refractivity contribution in [2.24, 2.45) is 0 Å². The Morgan fingerprint density at radius 1 is 0.339 bits per heavy atom. The van der Waals surface area contributed by atoms with Crippen molar-refractivity contribution in [2.75, 3.05) is 4.90 Å². The van der Waals surface area contributed by atoms with Crippen molar-refractivity contribution in [2.45, 2.75) is 0 Å². The summed E-state index contributed by atoms with van der Waals surface area (Å²) in [5, 5.41) is 7.11. The molecular weight excluding hydrogens is 679 g/mol. The van der Waals surface area contributed by atoms with Crippen LogP contribution in [-0.4, -0.2) is 0 Å². The van der Waals surface area contributed by atoms with Gasteiger partial charge in [0.2, 0.25) is 0 Å². The maximum atomic E-state index is 9.72. The molecule has 262 valence electrons. The van der Waals surface area contributed by atoms with E-state index in [0.717, 1.165) is 43.4 Å². The zero-order valence-corrected chi connectivity index (χ0v) is 29.9. The minimum Gasteiger partial charge on any atom is -0.456 e. The number of anilines is 3. The minimum atomic E-state index is -0.416. The van der Waals surface area contributed by atoms with Crippen molar-refractivity contribution in [3.05, 3.63) is 212 Å². The Bertz CT molecular complexity index is 3670. The number of para-hydroxylation sites is 1. The van der Waals surface area contributed by atoms with E-state index in [-0.39, 0.29) is 46.7 Å². The molecule has 0 radical (unpaired) electrons. The maximum absolute atomic E-state index is 9.72. The zero-order valence-electron chi connectivity index (χ0n) is 37.9. The molecule has 0 saturated carbocycles. The first-order valence-corrected chi connectivity index (χ1v) is 18.5. The van der Waals surface area contributed by atoms with Crippen LogP contribution in [0.1, 0.15) is 11.0 Å². The third-order valence-corrected chi connectivity index (χ3v) is 10.6. The second kappa shape index (κ2) is 13.2. The first-order chi connectivity index (χ1) is 31.1. The molecular formula is C54H35NO. The second-order valence-corrected chi connectivity index (χ2v) is 13.8. The van der Waals surface area contributed by atoms with E-state index in [1.807, 2.05) is 109 Å². The molecule has 0 aliphatic carbocycles. The number of furan rings is 1. The third-order valence-electron chi connectivity index (χ3n) is 10.6. The van der Waals surface area contributed by atoms with E-state index in [0.29, 0.717) is 38.8 Å². The van der Waals surface area contributed by atoms with Crippen LogP contribution in [0.2, 0.25) is 0 Å². The zero-order chi connectivity index (χ0) is 44.0. The Hall–Kier alpha value is -7.42. The van der Waals surface area contributed by atoms with Gasteiger partial charge in [-0.1, -0.05) is 170 Å². The molecule has 0 amide bonds. The van der Waals surface area contributed by atoms with Crippen LogP contribution >= 0.6 is 0 Å².